The van der Waals surface area contributed by atoms with Gasteiger partial charge in [0.2, 0.25) is 10.0 Å². The molecule has 0 bridgehead atoms. The molecule has 1 aromatic rings. The Labute approximate surface area is 135 Å². The number of halogens is 1. The lowest BCUT2D eigenvalue weighted by Crippen LogP contribution is -2.48. The quantitative estimate of drug-likeness (QED) is 0.849. The molecule has 1 heterocycles. The fourth-order valence-electron chi connectivity index (χ4n) is 2.50. The Morgan fingerprint density at radius 2 is 1.90 bits per heavy atom. The summed E-state index contributed by atoms with van der Waals surface area (Å²) in [5, 5.41) is 3.35. The first-order chi connectivity index (χ1) is 9.91. The molecule has 1 aliphatic rings. The van der Waals surface area contributed by atoms with E-state index in [4.69, 9.17) is 0 Å². The van der Waals surface area contributed by atoms with Crippen LogP contribution in [0.1, 0.15) is 12.5 Å². The van der Waals surface area contributed by atoms with Crippen molar-refractivity contribution in [1.82, 2.24) is 9.62 Å². The van der Waals surface area contributed by atoms with Gasteiger partial charge in [0, 0.05) is 42.9 Å². The maximum Gasteiger partial charge on any atom is 0.211 e. The van der Waals surface area contributed by atoms with E-state index in [1.807, 2.05) is 6.07 Å². The zero-order valence-corrected chi connectivity index (χ0v) is 14.9. The predicted octanol–water partition coefficient (Wildman–Crippen LogP) is 1.64. The van der Waals surface area contributed by atoms with Gasteiger partial charge in [0.1, 0.15) is 0 Å². The van der Waals surface area contributed by atoms with Crippen molar-refractivity contribution in [3.63, 3.8) is 0 Å². The van der Waals surface area contributed by atoms with Crippen LogP contribution in [0, 0.1) is 0 Å². The van der Waals surface area contributed by atoms with Crippen LogP contribution in [0.3, 0.4) is 0 Å². The fourth-order valence-corrected chi connectivity index (χ4v) is 3.68. The van der Waals surface area contributed by atoms with E-state index in [1.165, 1.54) is 17.5 Å². The van der Waals surface area contributed by atoms with Crippen molar-refractivity contribution in [2.24, 2.45) is 0 Å². The molecule has 21 heavy (non-hydrogen) atoms. The summed E-state index contributed by atoms with van der Waals surface area (Å²) in [5.41, 5.74) is 2.42. The molecule has 1 saturated heterocycles. The first kappa shape index (κ1) is 16.7. The van der Waals surface area contributed by atoms with Gasteiger partial charge >= 0.3 is 0 Å². The van der Waals surface area contributed by atoms with Crippen LogP contribution in [0.4, 0.5) is 5.69 Å². The largest absolute Gasteiger partial charge is 0.369 e. The number of rotatable bonds is 5. The van der Waals surface area contributed by atoms with E-state index in [2.05, 4.69) is 45.2 Å². The van der Waals surface area contributed by atoms with Gasteiger partial charge in [-0.2, -0.15) is 4.31 Å². The lowest BCUT2D eigenvalue weighted by Gasteiger charge is -2.36. The average Bonchev–Trinajstić information content (AvgIpc) is 2.45. The maximum atomic E-state index is 11.6. The third-order valence-corrected chi connectivity index (χ3v) is 5.46. The SMILES string of the molecule is CCNCc1ccc(Br)cc1N1CCN(S(C)(=O)=O)CC1. The minimum atomic E-state index is -3.08. The number of hydrogen-bond donors (Lipinski definition) is 1. The molecule has 1 N–H and O–H groups in total. The molecular weight excluding hydrogens is 354 g/mol. The second-order valence-corrected chi connectivity index (χ2v) is 8.10. The minimum Gasteiger partial charge on any atom is -0.369 e. The molecule has 0 spiro atoms. The molecule has 0 saturated carbocycles. The Morgan fingerprint density at radius 1 is 1.24 bits per heavy atom. The van der Waals surface area contributed by atoms with Crippen LogP contribution in [0.2, 0.25) is 0 Å². The van der Waals surface area contributed by atoms with Crippen LogP contribution in [0.5, 0.6) is 0 Å². The van der Waals surface area contributed by atoms with Crippen molar-refractivity contribution < 1.29 is 8.42 Å². The van der Waals surface area contributed by atoms with Crippen LogP contribution in [-0.4, -0.2) is 51.7 Å². The summed E-state index contributed by atoms with van der Waals surface area (Å²) >= 11 is 3.52. The Kier molecular flexibility index (Phi) is 5.65. The highest BCUT2D eigenvalue weighted by Gasteiger charge is 2.24. The Hall–Kier alpha value is -0.630. The summed E-state index contributed by atoms with van der Waals surface area (Å²) < 4.78 is 25.8. The van der Waals surface area contributed by atoms with Crippen LogP contribution in [0.15, 0.2) is 22.7 Å². The molecule has 7 heteroatoms. The van der Waals surface area contributed by atoms with Crippen LogP contribution >= 0.6 is 15.9 Å². The number of nitrogens with zero attached hydrogens (tertiary/aromatic N) is 2. The van der Waals surface area contributed by atoms with Crippen molar-refractivity contribution in [2.75, 3.05) is 43.9 Å². The van der Waals surface area contributed by atoms with Crippen LogP contribution < -0.4 is 10.2 Å². The van der Waals surface area contributed by atoms with E-state index in [0.29, 0.717) is 13.1 Å². The van der Waals surface area contributed by atoms with E-state index in [9.17, 15) is 8.42 Å². The minimum absolute atomic E-state index is 0.548. The average molecular weight is 376 g/mol. The normalized spacial score (nSPS) is 17.2. The Morgan fingerprint density at radius 3 is 2.48 bits per heavy atom. The second kappa shape index (κ2) is 7.09. The molecule has 5 nitrogen and oxygen atoms in total. The summed E-state index contributed by atoms with van der Waals surface area (Å²) in [6, 6.07) is 6.27. The lowest BCUT2D eigenvalue weighted by molar-refractivity contribution is 0.387. The lowest BCUT2D eigenvalue weighted by atomic mass is 10.1. The third kappa shape index (κ3) is 4.42. The molecule has 118 valence electrons. The van der Waals surface area contributed by atoms with Gasteiger partial charge in [-0.15, -0.1) is 0 Å². The van der Waals surface area contributed by atoms with E-state index >= 15 is 0 Å². The number of hydrogen-bond acceptors (Lipinski definition) is 4. The zero-order chi connectivity index (χ0) is 15.5. The Balaban J connectivity index is 2.13. The van der Waals surface area contributed by atoms with Gasteiger partial charge in [-0.05, 0) is 24.2 Å². The van der Waals surface area contributed by atoms with Gasteiger partial charge < -0.3 is 10.2 Å². The van der Waals surface area contributed by atoms with Gasteiger partial charge in [-0.3, -0.25) is 0 Å². The summed E-state index contributed by atoms with van der Waals surface area (Å²) in [5.74, 6) is 0. The zero-order valence-electron chi connectivity index (χ0n) is 12.5. The molecule has 0 aliphatic carbocycles. The van der Waals surface area contributed by atoms with Crippen LogP contribution in [-0.2, 0) is 16.6 Å². The van der Waals surface area contributed by atoms with Crippen molar-refractivity contribution in [2.45, 2.75) is 13.5 Å². The summed E-state index contributed by atoms with van der Waals surface area (Å²) in [6.07, 6.45) is 1.28. The smallest absolute Gasteiger partial charge is 0.211 e. The van der Waals surface area contributed by atoms with Crippen molar-refractivity contribution in [3.05, 3.63) is 28.2 Å². The fraction of sp³-hybridized carbons (Fsp3) is 0.571. The van der Waals surface area contributed by atoms with E-state index < -0.39 is 10.0 Å². The molecule has 2 rings (SSSR count). The second-order valence-electron chi connectivity index (χ2n) is 5.20. The van der Waals surface area contributed by atoms with E-state index in [-0.39, 0.29) is 0 Å². The predicted molar refractivity (Wildman–Crippen MR) is 90.2 cm³/mol. The molecule has 0 aromatic heterocycles. The number of benzene rings is 1. The molecule has 0 radical (unpaired) electrons. The molecule has 0 unspecified atom stereocenters. The molecule has 0 atom stereocenters. The number of anilines is 1. The van der Waals surface area contributed by atoms with Gasteiger partial charge in [0.05, 0.1) is 6.26 Å². The molecule has 1 aromatic carbocycles. The standard InChI is InChI=1S/C14H22BrN3O2S/c1-3-16-11-12-4-5-13(15)10-14(12)17-6-8-18(9-7-17)21(2,19)20/h4-5,10,16H,3,6-9,11H2,1-2H3. The number of piperazine rings is 1. The van der Waals surface area contributed by atoms with Crippen molar-refractivity contribution in [3.8, 4) is 0 Å². The highest BCUT2D eigenvalue weighted by molar-refractivity contribution is 9.10. The van der Waals surface area contributed by atoms with Gasteiger partial charge in [0.15, 0.2) is 0 Å². The van der Waals surface area contributed by atoms with Gasteiger partial charge in [0.25, 0.3) is 0 Å². The maximum absolute atomic E-state index is 11.6. The van der Waals surface area contributed by atoms with Crippen molar-refractivity contribution >= 4 is 31.6 Å². The Bertz CT molecular complexity index is 584. The first-order valence-electron chi connectivity index (χ1n) is 7.11. The third-order valence-electron chi connectivity index (χ3n) is 3.66. The van der Waals surface area contributed by atoms with Crippen molar-refractivity contribution in [1.29, 1.82) is 0 Å². The monoisotopic (exact) mass is 375 g/mol. The highest BCUT2D eigenvalue weighted by Crippen LogP contribution is 2.26. The number of nitrogens with one attached hydrogen (secondary N) is 1. The highest BCUT2D eigenvalue weighted by atomic mass is 79.9. The first-order valence-corrected chi connectivity index (χ1v) is 9.75. The molecule has 0 amide bonds. The van der Waals surface area contributed by atoms with Crippen LogP contribution in [0.25, 0.3) is 0 Å². The number of sulfonamides is 1. The summed E-state index contributed by atoms with van der Waals surface area (Å²) in [7, 11) is -3.08. The summed E-state index contributed by atoms with van der Waals surface area (Å²) in [4.78, 5) is 2.26. The van der Waals surface area contributed by atoms with E-state index in [0.717, 1.165) is 30.7 Å². The van der Waals surface area contributed by atoms with E-state index in [1.54, 1.807) is 4.31 Å². The molecule has 1 aliphatic heterocycles. The topological polar surface area (TPSA) is 52.6 Å². The molecular formula is C14H22BrN3O2S. The van der Waals surface area contributed by atoms with Gasteiger partial charge in [-0.25, -0.2) is 8.42 Å². The summed E-state index contributed by atoms with van der Waals surface area (Å²) in [6.45, 7) is 6.38. The van der Waals surface area contributed by atoms with Gasteiger partial charge in [-0.1, -0.05) is 28.9 Å². The molecule has 1 fully saturated rings.